The van der Waals surface area contributed by atoms with Crippen LogP contribution >= 0.6 is 0 Å². The average molecular weight is 391 g/mol. The van der Waals surface area contributed by atoms with Crippen LogP contribution in [0.4, 0.5) is 0 Å². The Morgan fingerprint density at radius 1 is 1.22 bits per heavy atom. The molecule has 0 bridgehead atoms. The quantitative estimate of drug-likeness (QED) is 0.797. The van der Waals surface area contributed by atoms with Gasteiger partial charge in [0.2, 0.25) is 5.91 Å². The van der Waals surface area contributed by atoms with E-state index in [0.717, 1.165) is 42.5 Å². The maximum Gasteiger partial charge on any atom is 0.227 e. The first-order chi connectivity index (χ1) is 12.9. The summed E-state index contributed by atoms with van der Waals surface area (Å²) in [6.07, 6.45) is 3.71. The molecule has 1 amide bonds. The van der Waals surface area contributed by atoms with Crippen LogP contribution in [0.3, 0.4) is 0 Å². The third kappa shape index (κ3) is 3.89. The summed E-state index contributed by atoms with van der Waals surface area (Å²) in [7, 11) is -2.87. The summed E-state index contributed by atoms with van der Waals surface area (Å²) in [4.78, 5) is 16.9. The smallest absolute Gasteiger partial charge is 0.227 e. The Hall–Kier alpha value is -1.86. The minimum atomic E-state index is -2.87. The van der Waals surface area contributed by atoms with E-state index >= 15 is 0 Å². The molecule has 2 fully saturated rings. The van der Waals surface area contributed by atoms with Crippen LogP contribution in [-0.4, -0.2) is 67.9 Å². The van der Waals surface area contributed by atoms with Gasteiger partial charge in [0.15, 0.2) is 9.84 Å². The van der Waals surface area contributed by atoms with Crippen molar-refractivity contribution in [3.8, 4) is 0 Å². The number of amides is 1. The minimum absolute atomic E-state index is 0.107. The molecular weight excluding hydrogens is 364 g/mol. The maximum atomic E-state index is 12.7. The van der Waals surface area contributed by atoms with Gasteiger partial charge in [-0.15, -0.1) is 0 Å². The first-order valence-corrected chi connectivity index (χ1v) is 11.5. The fourth-order valence-electron chi connectivity index (χ4n) is 4.16. The normalized spacial score (nSPS) is 23.1. The molecule has 27 heavy (non-hydrogen) atoms. The lowest BCUT2D eigenvalue weighted by Gasteiger charge is -2.37. The number of benzene rings is 1. The predicted molar refractivity (Wildman–Crippen MR) is 105 cm³/mol. The molecule has 2 aliphatic heterocycles. The van der Waals surface area contributed by atoms with Crippen molar-refractivity contribution < 1.29 is 17.6 Å². The highest BCUT2D eigenvalue weighted by molar-refractivity contribution is 7.91. The summed E-state index contributed by atoms with van der Waals surface area (Å²) in [6, 6.07) is 6.29. The molecule has 0 N–H and O–H groups in total. The predicted octanol–water partition coefficient (Wildman–Crippen LogP) is 1.87. The lowest BCUT2D eigenvalue weighted by Crippen LogP contribution is -2.52. The van der Waals surface area contributed by atoms with Crippen molar-refractivity contribution in [2.75, 3.05) is 37.7 Å². The minimum Gasteiger partial charge on any atom is -0.464 e. The van der Waals surface area contributed by atoms with E-state index < -0.39 is 9.84 Å². The maximum absolute atomic E-state index is 12.7. The third-order valence-corrected chi connectivity index (χ3v) is 7.61. The number of fused-ring (bicyclic) bond motifs is 1. The van der Waals surface area contributed by atoms with Crippen molar-refractivity contribution in [2.24, 2.45) is 0 Å². The summed E-state index contributed by atoms with van der Waals surface area (Å²) in [5.74, 6) is 0.669. The van der Waals surface area contributed by atoms with Crippen LogP contribution in [0.1, 0.15) is 24.5 Å². The van der Waals surface area contributed by atoms with Gasteiger partial charge in [0.25, 0.3) is 0 Å². The van der Waals surface area contributed by atoms with Crippen LogP contribution in [0.2, 0.25) is 0 Å². The zero-order chi connectivity index (χ0) is 19.0. The number of carbonyl (C=O) groups excluding carboxylic acids is 1. The highest BCUT2D eigenvalue weighted by Crippen LogP contribution is 2.24. The molecule has 2 aliphatic rings. The number of nitrogens with zero attached hydrogens (tertiary/aromatic N) is 2. The second-order valence-corrected chi connectivity index (χ2v) is 9.82. The Kier molecular flexibility index (Phi) is 4.99. The van der Waals surface area contributed by atoms with E-state index in [2.05, 4.69) is 17.9 Å². The number of furan rings is 1. The van der Waals surface area contributed by atoms with Gasteiger partial charge in [0.05, 0.1) is 24.2 Å². The highest BCUT2D eigenvalue weighted by atomic mass is 32.2. The molecule has 2 saturated heterocycles. The van der Waals surface area contributed by atoms with Crippen molar-refractivity contribution in [2.45, 2.75) is 32.2 Å². The van der Waals surface area contributed by atoms with Crippen LogP contribution < -0.4 is 0 Å². The Labute approximate surface area is 160 Å². The molecule has 146 valence electrons. The molecule has 4 rings (SSSR count). The van der Waals surface area contributed by atoms with Gasteiger partial charge >= 0.3 is 0 Å². The van der Waals surface area contributed by atoms with Crippen LogP contribution in [-0.2, 0) is 27.5 Å². The molecule has 0 aliphatic carbocycles. The molecule has 1 aromatic heterocycles. The molecule has 0 unspecified atom stereocenters. The Balaban J connectivity index is 1.36. The summed E-state index contributed by atoms with van der Waals surface area (Å²) < 4.78 is 29.0. The second kappa shape index (κ2) is 7.28. The molecule has 1 atom stereocenters. The van der Waals surface area contributed by atoms with Gasteiger partial charge in [-0.25, -0.2) is 8.42 Å². The number of aryl methyl sites for hydroxylation is 1. The summed E-state index contributed by atoms with van der Waals surface area (Å²) in [5, 5.41) is 1.01. The molecule has 3 heterocycles. The van der Waals surface area contributed by atoms with Gasteiger partial charge < -0.3 is 9.32 Å². The van der Waals surface area contributed by atoms with Gasteiger partial charge in [-0.05, 0) is 24.5 Å². The van der Waals surface area contributed by atoms with E-state index in [4.69, 9.17) is 4.42 Å². The van der Waals surface area contributed by atoms with E-state index in [1.807, 2.05) is 17.0 Å². The van der Waals surface area contributed by atoms with Crippen molar-refractivity contribution in [3.05, 3.63) is 35.6 Å². The zero-order valence-electron chi connectivity index (χ0n) is 15.7. The fourth-order valence-corrected chi connectivity index (χ4v) is 5.92. The topological polar surface area (TPSA) is 70.8 Å². The lowest BCUT2D eigenvalue weighted by molar-refractivity contribution is -0.132. The third-order valence-electron chi connectivity index (χ3n) is 5.86. The van der Waals surface area contributed by atoms with Gasteiger partial charge in [-0.1, -0.05) is 19.1 Å². The number of sulfone groups is 1. The largest absolute Gasteiger partial charge is 0.464 e. The van der Waals surface area contributed by atoms with Crippen molar-refractivity contribution in [3.63, 3.8) is 0 Å². The van der Waals surface area contributed by atoms with E-state index in [0.29, 0.717) is 25.3 Å². The van der Waals surface area contributed by atoms with Crippen molar-refractivity contribution in [1.82, 2.24) is 9.80 Å². The number of rotatable bonds is 4. The van der Waals surface area contributed by atoms with E-state index in [9.17, 15) is 13.2 Å². The van der Waals surface area contributed by atoms with Gasteiger partial charge in [-0.3, -0.25) is 9.69 Å². The number of hydrogen-bond donors (Lipinski definition) is 0. The molecular formula is C20H26N2O4S. The molecule has 7 heteroatoms. The van der Waals surface area contributed by atoms with Gasteiger partial charge in [0.1, 0.15) is 5.58 Å². The van der Waals surface area contributed by atoms with Crippen LogP contribution in [0, 0.1) is 0 Å². The zero-order valence-corrected chi connectivity index (χ0v) is 16.5. The number of piperazine rings is 1. The molecule has 6 nitrogen and oxygen atoms in total. The Bertz CT molecular complexity index is 942. The summed E-state index contributed by atoms with van der Waals surface area (Å²) in [5.41, 5.74) is 2.99. The SMILES string of the molecule is CCc1ccc2c(CC(=O)N3CCN([C@H]4CCS(=O)(=O)C4)CC3)coc2c1. The number of carbonyl (C=O) groups is 1. The summed E-state index contributed by atoms with van der Waals surface area (Å²) in [6.45, 7) is 4.92. The van der Waals surface area contributed by atoms with Gasteiger partial charge in [0, 0.05) is 43.2 Å². The van der Waals surface area contributed by atoms with Crippen LogP contribution in [0.25, 0.3) is 11.0 Å². The van der Waals surface area contributed by atoms with Crippen LogP contribution in [0.5, 0.6) is 0 Å². The van der Waals surface area contributed by atoms with Gasteiger partial charge in [-0.2, -0.15) is 0 Å². The standard InChI is InChI=1S/C20H26N2O4S/c1-2-15-3-4-18-16(13-26-19(18)11-15)12-20(23)22-8-6-21(7-9-22)17-5-10-27(24,25)14-17/h3-4,11,13,17H,2,5-10,12,14H2,1H3/t17-/m0/s1. The number of hydrogen-bond acceptors (Lipinski definition) is 5. The second-order valence-electron chi connectivity index (χ2n) is 7.60. The first kappa shape index (κ1) is 18.5. The highest BCUT2D eigenvalue weighted by Gasteiger charge is 2.34. The fraction of sp³-hybridized carbons (Fsp3) is 0.550. The Morgan fingerprint density at radius 3 is 2.67 bits per heavy atom. The molecule has 2 aromatic rings. The first-order valence-electron chi connectivity index (χ1n) is 9.66. The lowest BCUT2D eigenvalue weighted by atomic mass is 10.1. The average Bonchev–Trinajstić information content (AvgIpc) is 3.24. The monoisotopic (exact) mass is 390 g/mol. The molecule has 0 radical (unpaired) electrons. The van der Waals surface area contributed by atoms with Crippen molar-refractivity contribution in [1.29, 1.82) is 0 Å². The summed E-state index contributed by atoms with van der Waals surface area (Å²) >= 11 is 0. The van der Waals surface area contributed by atoms with E-state index in [-0.39, 0.29) is 17.7 Å². The molecule has 1 aromatic carbocycles. The van der Waals surface area contributed by atoms with E-state index in [1.165, 1.54) is 5.56 Å². The van der Waals surface area contributed by atoms with Crippen LogP contribution in [0.15, 0.2) is 28.9 Å². The van der Waals surface area contributed by atoms with Crippen molar-refractivity contribution >= 4 is 26.7 Å². The van der Waals surface area contributed by atoms with E-state index in [1.54, 1.807) is 6.26 Å². The molecule has 0 spiro atoms. The Morgan fingerprint density at radius 2 is 2.00 bits per heavy atom. The molecule has 0 saturated carbocycles.